The number of aliphatic hydroxyl groups is 1. The van der Waals surface area contributed by atoms with Gasteiger partial charge in [0.2, 0.25) is 0 Å². The van der Waals surface area contributed by atoms with Crippen molar-refractivity contribution < 1.29 is 5.11 Å². The van der Waals surface area contributed by atoms with Crippen molar-refractivity contribution in [1.29, 1.82) is 0 Å². The summed E-state index contributed by atoms with van der Waals surface area (Å²) in [6.45, 7) is 1.78. The van der Waals surface area contributed by atoms with Crippen LogP contribution in [-0.2, 0) is 0 Å². The Hall–Kier alpha value is -2.21. The molecule has 3 aromatic heterocycles. The lowest BCUT2D eigenvalue weighted by atomic mass is 10.0. The van der Waals surface area contributed by atoms with Crippen LogP contribution in [0, 0.1) is 5.92 Å². The first-order valence-corrected chi connectivity index (χ1v) is 8.15. The van der Waals surface area contributed by atoms with Gasteiger partial charge in [-0.05, 0) is 25.8 Å². The molecular weight excluding hydrogens is 290 g/mol. The van der Waals surface area contributed by atoms with E-state index in [0.717, 1.165) is 40.7 Å². The highest BCUT2D eigenvalue weighted by Gasteiger charge is 2.32. The van der Waals surface area contributed by atoms with Crippen LogP contribution in [0.2, 0.25) is 0 Å². The highest BCUT2D eigenvalue weighted by Crippen LogP contribution is 2.40. The lowest BCUT2D eigenvalue weighted by molar-refractivity contribution is 0.180. The Bertz CT molecular complexity index is 876. The Kier molecular flexibility index (Phi) is 3.41. The Labute approximate surface area is 134 Å². The summed E-state index contributed by atoms with van der Waals surface area (Å²) in [5, 5.41) is 11.3. The summed E-state index contributed by atoms with van der Waals surface area (Å²) in [5.74, 6) is 1.11. The number of imidazole rings is 1. The molecule has 1 saturated carbocycles. The second-order valence-electron chi connectivity index (χ2n) is 6.32. The number of rotatable bonds is 3. The Balaban J connectivity index is 2.02. The smallest absolute Gasteiger partial charge is 0.139 e. The lowest BCUT2D eigenvalue weighted by Gasteiger charge is -2.22. The number of hydrogen-bond donors (Lipinski definition) is 2. The molecule has 1 aliphatic rings. The SMILES string of the molecule is CN=CC1CCCC1n1c(C(C)O)nc2cnc3[nH]ccc3c21. The maximum atomic E-state index is 10.3. The molecule has 0 spiro atoms. The topological polar surface area (TPSA) is 79.1 Å². The molecule has 23 heavy (non-hydrogen) atoms. The summed E-state index contributed by atoms with van der Waals surface area (Å²) >= 11 is 0. The molecule has 3 aromatic rings. The summed E-state index contributed by atoms with van der Waals surface area (Å²) in [6.07, 6.45) is 8.49. The third-order valence-corrected chi connectivity index (χ3v) is 4.84. The predicted molar refractivity (Wildman–Crippen MR) is 90.8 cm³/mol. The highest BCUT2D eigenvalue weighted by atomic mass is 16.3. The average Bonchev–Trinajstić information content (AvgIpc) is 3.23. The van der Waals surface area contributed by atoms with Gasteiger partial charge in [0.05, 0.1) is 11.7 Å². The third-order valence-electron chi connectivity index (χ3n) is 4.84. The molecule has 6 heteroatoms. The number of nitrogens with one attached hydrogen (secondary N) is 1. The quantitative estimate of drug-likeness (QED) is 0.730. The molecule has 0 aromatic carbocycles. The summed E-state index contributed by atoms with van der Waals surface area (Å²) in [4.78, 5) is 16.5. The van der Waals surface area contributed by atoms with E-state index in [-0.39, 0.29) is 6.04 Å². The first kappa shape index (κ1) is 14.4. The molecule has 3 atom stereocenters. The lowest BCUT2D eigenvalue weighted by Crippen LogP contribution is -2.19. The number of aromatic amines is 1. The first-order chi connectivity index (χ1) is 11.2. The minimum atomic E-state index is -0.615. The van der Waals surface area contributed by atoms with E-state index in [9.17, 15) is 5.11 Å². The van der Waals surface area contributed by atoms with E-state index in [1.54, 1.807) is 13.1 Å². The fourth-order valence-corrected chi connectivity index (χ4v) is 3.90. The molecular formula is C17H21N5O. The minimum absolute atomic E-state index is 0.286. The van der Waals surface area contributed by atoms with E-state index in [0.29, 0.717) is 5.92 Å². The third kappa shape index (κ3) is 2.16. The fourth-order valence-electron chi connectivity index (χ4n) is 3.90. The van der Waals surface area contributed by atoms with Gasteiger partial charge in [0, 0.05) is 36.8 Å². The van der Waals surface area contributed by atoms with Crippen LogP contribution in [0.25, 0.3) is 22.1 Å². The van der Waals surface area contributed by atoms with Crippen LogP contribution in [0.3, 0.4) is 0 Å². The van der Waals surface area contributed by atoms with E-state index < -0.39 is 6.10 Å². The zero-order valence-corrected chi connectivity index (χ0v) is 13.4. The summed E-state index contributed by atoms with van der Waals surface area (Å²) in [6, 6.07) is 2.32. The van der Waals surface area contributed by atoms with Gasteiger partial charge in [-0.25, -0.2) is 9.97 Å². The van der Waals surface area contributed by atoms with Crippen LogP contribution in [0.1, 0.15) is 44.2 Å². The van der Waals surface area contributed by atoms with Crippen LogP contribution >= 0.6 is 0 Å². The molecule has 1 fully saturated rings. The Morgan fingerprint density at radius 3 is 3.13 bits per heavy atom. The van der Waals surface area contributed by atoms with Gasteiger partial charge in [0.25, 0.3) is 0 Å². The van der Waals surface area contributed by atoms with Gasteiger partial charge >= 0.3 is 0 Å². The first-order valence-electron chi connectivity index (χ1n) is 8.15. The molecule has 6 nitrogen and oxygen atoms in total. The number of H-pyrrole nitrogens is 1. The van der Waals surface area contributed by atoms with Crippen LogP contribution in [0.4, 0.5) is 0 Å². The molecule has 4 rings (SSSR count). The average molecular weight is 311 g/mol. The number of fused-ring (bicyclic) bond motifs is 3. The van der Waals surface area contributed by atoms with Crippen molar-refractivity contribution in [2.45, 2.75) is 38.3 Å². The zero-order valence-electron chi connectivity index (χ0n) is 13.4. The van der Waals surface area contributed by atoms with Crippen molar-refractivity contribution >= 4 is 28.3 Å². The van der Waals surface area contributed by atoms with Crippen LogP contribution in [0.15, 0.2) is 23.5 Å². The van der Waals surface area contributed by atoms with Gasteiger partial charge < -0.3 is 19.7 Å². The summed E-state index contributed by atoms with van der Waals surface area (Å²) in [7, 11) is 1.82. The number of aliphatic hydroxyl groups excluding tert-OH is 1. The standard InChI is InChI=1S/C17H21N5O/c1-10(23)17-21-13-9-20-16-12(6-7-19-16)15(13)22(17)14-5-3-4-11(14)8-18-2/h6-11,14,23H,3-5H2,1-2H3,(H,19,20). The monoisotopic (exact) mass is 311 g/mol. The van der Waals surface area contributed by atoms with E-state index in [1.165, 1.54) is 6.42 Å². The van der Waals surface area contributed by atoms with Crippen molar-refractivity contribution in [3.8, 4) is 0 Å². The van der Waals surface area contributed by atoms with Crippen molar-refractivity contribution in [3.63, 3.8) is 0 Å². The van der Waals surface area contributed by atoms with Crippen molar-refractivity contribution in [2.75, 3.05) is 7.05 Å². The van der Waals surface area contributed by atoms with E-state index in [1.807, 2.05) is 25.5 Å². The molecule has 0 bridgehead atoms. The Morgan fingerprint density at radius 1 is 1.48 bits per heavy atom. The zero-order chi connectivity index (χ0) is 16.0. The van der Waals surface area contributed by atoms with E-state index >= 15 is 0 Å². The molecule has 0 radical (unpaired) electrons. The number of aromatic nitrogens is 4. The van der Waals surface area contributed by atoms with Gasteiger partial charge in [-0.2, -0.15) is 0 Å². The van der Waals surface area contributed by atoms with Crippen molar-refractivity contribution in [2.24, 2.45) is 10.9 Å². The van der Waals surface area contributed by atoms with Gasteiger partial charge in [-0.1, -0.05) is 6.42 Å². The molecule has 0 amide bonds. The molecule has 0 aliphatic heterocycles. The number of pyridine rings is 1. The molecule has 3 heterocycles. The van der Waals surface area contributed by atoms with E-state index in [4.69, 9.17) is 0 Å². The van der Waals surface area contributed by atoms with Gasteiger partial charge in [-0.3, -0.25) is 0 Å². The normalized spacial score (nSPS) is 23.4. The maximum Gasteiger partial charge on any atom is 0.139 e. The van der Waals surface area contributed by atoms with Gasteiger partial charge in [-0.15, -0.1) is 0 Å². The number of nitrogens with zero attached hydrogens (tertiary/aromatic N) is 4. The second kappa shape index (κ2) is 5.45. The van der Waals surface area contributed by atoms with E-state index in [2.05, 4.69) is 24.5 Å². The number of hydrogen-bond acceptors (Lipinski definition) is 4. The summed E-state index contributed by atoms with van der Waals surface area (Å²) < 4.78 is 2.23. The van der Waals surface area contributed by atoms with Crippen LogP contribution < -0.4 is 0 Å². The maximum absolute atomic E-state index is 10.3. The van der Waals surface area contributed by atoms with Crippen LogP contribution in [-0.4, -0.2) is 37.9 Å². The predicted octanol–water partition coefficient (Wildman–Crippen LogP) is 3.01. The van der Waals surface area contributed by atoms with Gasteiger partial charge in [0.1, 0.15) is 23.1 Å². The van der Waals surface area contributed by atoms with Crippen LogP contribution in [0.5, 0.6) is 0 Å². The van der Waals surface area contributed by atoms with Gasteiger partial charge in [0.15, 0.2) is 0 Å². The van der Waals surface area contributed by atoms with Crippen molar-refractivity contribution in [1.82, 2.24) is 19.5 Å². The second-order valence-corrected chi connectivity index (χ2v) is 6.32. The molecule has 1 aliphatic carbocycles. The Morgan fingerprint density at radius 2 is 2.35 bits per heavy atom. The molecule has 3 unspecified atom stereocenters. The molecule has 0 saturated heterocycles. The number of aliphatic imine (C=N–C) groups is 1. The van der Waals surface area contributed by atoms with Crippen molar-refractivity contribution in [3.05, 3.63) is 24.3 Å². The molecule has 2 N–H and O–H groups in total. The minimum Gasteiger partial charge on any atom is -0.385 e. The fraction of sp³-hybridized carbons (Fsp3) is 0.471. The molecule has 120 valence electrons. The summed E-state index contributed by atoms with van der Waals surface area (Å²) in [5.41, 5.74) is 2.76. The largest absolute Gasteiger partial charge is 0.385 e. The highest BCUT2D eigenvalue weighted by molar-refractivity contribution is 6.01.